The lowest BCUT2D eigenvalue weighted by atomic mass is 9.73. The molecular formula is C20H22O3. The topological polar surface area (TPSA) is 35.5 Å². The van der Waals surface area contributed by atoms with Crippen LogP contribution in [0.25, 0.3) is 0 Å². The highest BCUT2D eigenvalue weighted by molar-refractivity contribution is 5.91. The van der Waals surface area contributed by atoms with Gasteiger partial charge >= 0.3 is 0 Å². The summed E-state index contributed by atoms with van der Waals surface area (Å²) in [7, 11) is 3.37. The second-order valence-electron chi connectivity index (χ2n) is 6.23. The maximum Gasteiger partial charge on any atom is 0.144 e. The Morgan fingerprint density at radius 3 is 1.70 bits per heavy atom. The number of hydrogen-bond acceptors (Lipinski definition) is 3. The minimum atomic E-state index is -0.660. The molecule has 0 saturated heterocycles. The molecular weight excluding hydrogens is 288 g/mol. The molecule has 0 fully saturated rings. The van der Waals surface area contributed by atoms with Crippen molar-refractivity contribution in [2.24, 2.45) is 0 Å². The minimum Gasteiger partial charge on any atom is -0.496 e. The third-order valence-corrected chi connectivity index (χ3v) is 5.08. The van der Waals surface area contributed by atoms with Crippen molar-refractivity contribution in [1.82, 2.24) is 0 Å². The van der Waals surface area contributed by atoms with E-state index < -0.39 is 5.41 Å². The second kappa shape index (κ2) is 5.73. The maximum absolute atomic E-state index is 12.6. The fourth-order valence-electron chi connectivity index (χ4n) is 3.41. The molecule has 23 heavy (non-hydrogen) atoms. The summed E-state index contributed by atoms with van der Waals surface area (Å²) in [5.74, 6) is 1.87. The third-order valence-electron chi connectivity index (χ3n) is 5.08. The van der Waals surface area contributed by atoms with Gasteiger partial charge in [0.2, 0.25) is 0 Å². The molecule has 1 aliphatic carbocycles. The second-order valence-corrected chi connectivity index (χ2v) is 6.23. The lowest BCUT2D eigenvalue weighted by Crippen LogP contribution is -2.32. The summed E-state index contributed by atoms with van der Waals surface area (Å²) in [6, 6.07) is 12.2. The number of rotatable bonds is 3. The van der Waals surface area contributed by atoms with E-state index in [1.807, 2.05) is 31.2 Å². The van der Waals surface area contributed by atoms with Gasteiger partial charge in [-0.05, 0) is 61.1 Å². The van der Waals surface area contributed by atoms with Crippen molar-refractivity contribution in [3.8, 4) is 11.5 Å². The minimum absolute atomic E-state index is 0.131. The van der Waals surface area contributed by atoms with Crippen LogP contribution in [0.15, 0.2) is 36.4 Å². The standard InChI is InChI=1S/C20H22O3/c1-13(21)20(2)16-7-9-18(22-3)14(11-16)5-6-15-12-17(20)8-10-19(15)23-4/h7-12H,5-6H2,1-4H3. The highest BCUT2D eigenvalue weighted by Gasteiger charge is 2.35. The first-order valence-electron chi connectivity index (χ1n) is 7.86. The van der Waals surface area contributed by atoms with Gasteiger partial charge in [0.25, 0.3) is 0 Å². The average molecular weight is 310 g/mol. The molecule has 0 spiro atoms. The summed E-state index contributed by atoms with van der Waals surface area (Å²) in [4.78, 5) is 12.6. The van der Waals surface area contributed by atoms with Crippen LogP contribution in [0.1, 0.15) is 36.1 Å². The van der Waals surface area contributed by atoms with Crippen molar-refractivity contribution in [3.05, 3.63) is 58.7 Å². The quantitative estimate of drug-likeness (QED) is 0.867. The van der Waals surface area contributed by atoms with E-state index in [9.17, 15) is 4.79 Å². The van der Waals surface area contributed by atoms with Gasteiger partial charge in [-0.3, -0.25) is 4.79 Å². The average Bonchev–Trinajstić information content (AvgIpc) is 2.60. The van der Waals surface area contributed by atoms with Gasteiger partial charge in [0.1, 0.15) is 17.3 Å². The van der Waals surface area contributed by atoms with Crippen LogP contribution in [0.5, 0.6) is 11.5 Å². The zero-order valence-electron chi connectivity index (χ0n) is 14.1. The molecule has 2 aromatic carbocycles. The number of aryl methyl sites for hydroxylation is 2. The summed E-state index contributed by atoms with van der Waals surface area (Å²) < 4.78 is 11.0. The van der Waals surface area contributed by atoms with Gasteiger partial charge < -0.3 is 9.47 Å². The predicted molar refractivity (Wildman–Crippen MR) is 90.5 cm³/mol. The van der Waals surface area contributed by atoms with Crippen molar-refractivity contribution < 1.29 is 14.3 Å². The molecule has 120 valence electrons. The Kier molecular flexibility index (Phi) is 3.88. The lowest BCUT2D eigenvalue weighted by molar-refractivity contribution is -0.120. The van der Waals surface area contributed by atoms with Crippen LogP contribution < -0.4 is 9.47 Å². The Morgan fingerprint density at radius 1 is 0.913 bits per heavy atom. The van der Waals surface area contributed by atoms with E-state index in [1.165, 1.54) is 0 Å². The summed E-state index contributed by atoms with van der Waals surface area (Å²) in [5, 5.41) is 0. The first kappa shape index (κ1) is 15.6. The SMILES string of the molecule is COc1ccc2cc1CCc1cc(ccc1OC)C2(C)C(C)=O. The van der Waals surface area contributed by atoms with E-state index in [-0.39, 0.29) is 5.78 Å². The van der Waals surface area contributed by atoms with E-state index in [0.717, 1.165) is 46.6 Å². The highest BCUT2D eigenvalue weighted by atomic mass is 16.5. The van der Waals surface area contributed by atoms with Crippen LogP contribution in [-0.4, -0.2) is 20.0 Å². The van der Waals surface area contributed by atoms with Crippen LogP contribution in [0, 0.1) is 0 Å². The molecule has 0 saturated carbocycles. The molecule has 3 heteroatoms. The molecule has 0 amide bonds. The summed E-state index contributed by atoms with van der Waals surface area (Å²) in [6.45, 7) is 3.66. The summed E-state index contributed by atoms with van der Waals surface area (Å²) >= 11 is 0. The molecule has 3 rings (SSSR count). The predicted octanol–water partition coefficient (Wildman–Crippen LogP) is 3.70. The van der Waals surface area contributed by atoms with Crippen molar-refractivity contribution in [2.75, 3.05) is 14.2 Å². The lowest BCUT2D eigenvalue weighted by Gasteiger charge is -2.29. The number of methoxy groups -OCH3 is 2. The summed E-state index contributed by atoms with van der Waals surface area (Å²) in [6.07, 6.45) is 1.70. The number of fused-ring (bicyclic) bond motifs is 4. The Morgan fingerprint density at radius 2 is 1.35 bits per heavy atom. The highest BCUT2D eigenvalue weighted by Crippen LogP contribution is 2.39. The van der Waals surface area contributed by atoms with Crippen LogP contribution in [0.4, 0.5) is 0 Å². The van der Waals surface area contributed by atoms with Crippen molar-refractivity contribution >= 4 is 5.78 Å². The number of hydrogen-bond donors (Lipinski definition) is 0. The molecule has 0 atom stereocenters. The number of benzene rings is 2. The molecule has 4 bridgehead atoms. The monoisotopic (exact) mass is 310 g/mol. The third kappa shape index (κ3) is 2.40. The van der Waals surface area contributed by atoms with E-state index in [0.29, 0.717) is 0 Å². The molecule has 2 aromatic rings. The normalized spacial score (nSPS) is 15.1. The zero-order chi connectivity index (χ0) is 16.6. The van der Waals surface area contributed by atoms with Crippen LogP contribution in [0.3, 0.4) is 0 Å². The molecule has 0 aromatic heterocycles. The first-order valence-corrected chi connectivity index (χ1v) is 7.86. The molecule has 3 nitrogen and oxygen atoms in total. The van der Waals surface area contributed by atoms with Gasteiger partial charge in [-0.1, -0.05) is 24.3 Å². The van der Waals surface area contributed by atoms with Crippen LogP contribution >= 0.6 is 0 Å². The molecule has 1 aliphatic rings. The Bertz CT molecular complexity index is 706. The Balaban J connectivity index is 2.29. The fraction of sp³-hybridized carbons (Fsp3) is 0.350. The Hall–Kier alpha value is -2.29. The summed E-state index contributed by atoms with van der Waals surface area (Å²) in [5.41, 5.74) is 3.62. The number of carbonyl (C=O) groups is 1. The molecule has 0 heterocycles. The van der Waals surface area contributed by atoms with Crippen molar-refractivity contribution in [2.45, 2.75) is 32.1 Å². The fourth-order valence-corrected chi connectivity index (χ4v) is 3.41. The van der Waals surface area contributed by atoms with E-state index in [1.54, 1.807) is 21.1 Å². The smallest absolute Gasteiger partial charge is 0.144 e. The van der Waals surface area contributed by atoms with Gasteiger partial charge in [0.05, 0.1) is 19.6 Å². The molecule has 0 radical (unpaired) electrons. The van der Waals surface area contributed by atoms with E-state index >= 15 is 0 Å². The van der Waals surface area contributed by atoms with Crippen LogP contribution in [0.2, 0.25) is 0 Å². The van der Waals surface area contributed by atoms with Gasteiger partial charge in [-0.15, -0.1) is 0 Å². The molecule has 0 unspecified atom stereocenters. The molecule has 0 N–H and O–H groups in total. The van der Waals surface area contributed by atoms with Crippen LogP contribution in [-0.2, 0) is 23.1 Å². The maximum atomic E-state index is 12.6. The molecule has 0 aliphatic heterocycles. The van der Waals surface area contributed by atoms with Gasteiger partial charge in [-0.2, -0.15) is 0 Å². The van der Waals surface area contributed by atoms with Crippen molar-refractivity contribution in [3.63, 3.8) is 0 Å². The number of Topliss-reactive ketones (excluding diaryl/α,β-unsaturated/α-hetero) is 1. The van der Waals surface area contributed by atoms with Gasteiger partial charge in [0, 0.05) is 0 Å². The van der Waals surface area contributed by atoms with E-state index in [2.05, 4.69) is 12.1 Å². The number of ether oxygens (including phenoxy) is 2. The number of carbonyl (C=O) groups excluding carboxylic acids is 1. The zero-order valence-corrected chi connectivity index (χ0v) is 14.1. The van der Waals surface area contributed by atoms with Gasteiger partial charge in [-0.25, -0.2) is 0 Å². The Labute approximate surface area is 137 Å². The number of ketones is 1. The largest absolute Gasteiger partial charge is 0.496 e. The first-order chi connectivity index (χ1) is 11.0. The van der Waals surface area contributed by atoms with Crippen molar-refractivity contribution in [1.29, 1.82) is 0 Å². The van der Waals surface area contributed by atoms with E-state index in [4.69, 9.17) is 9.47 Å². The van der Waals surface area contributed by atoms with Gasteiger partial charge in [0.15, 0.2) is 0 Å².